The van der Waals surface area contributed by atoms with Gasteiger partial charge >= 0.3 is 5.97 Å². The molecule has 3 atom stereocenters. The predicted octanol–water partition coefficient (Wildman–Crippen LogP) is 4.36. The normalized spacial score (nSPS) is 28.8. The Labute approximate surface area is 147 Å². The summed E-state index contributed by atoms with van der Waals surface area (Å²) in [7, 11) is 0. The summed E-state index contributed by atoms with van der Waals surface area (Å²) < 4.78 is 6.85. The molecule has 0 radical (unpaired) electrons. The Morgan fingerprint density at radius 3 is 2.74 bits per heavy atom. The van der Waals surface area contributed by atoms with Crippen LogP contribution in [0.5, 0.6) is 0 Å². The Hall–Kier alpha value is -0.870. The molecule has 0 saturated carbocycles. The summed E-state index contributed by atoms with van der Waals surface area (Å²) in [5.74, 6) is 0.153. The number of carbonyl (C=O) groups is 1. The molecule has 0 amide bonds. The Bertz CT molecular complexity index is 542. The van der Waals surface area contributed by atoms with Crippen molar-refractivity contribution in [2.24, 2.45) is 5.92 Å². The lowest BCUT2D eigenvalue weighted by atomic mass is 9.82. The Balaban J connectivity index is 1.83. The number of halogens is 1. The zero-order chi connectivity index (χ0) is 16.2. The van der Waals surface area contributed by atoms with Crippen LogP contribution in [0.3, 0.4) is 0 Å². The van der Waals surface area contributed by atoms with Crippen LogP contribution in [0.4, 0.5) is 0 Å². The van der Waals surface area contributed by atoms with Crippen molar-refractivity contribution < 1.29 is 9.53 Å². The van der Waals surface area contributed by atoms with E-state index < -0.39 is 0 Å². The van der Waals surface area contributed by atoms with Gasteiger partial charge in [0.1, 0.15) is 6.10 Å². The third kappa shape index (κ3) is 3.97. The van der Waals surface area contributed by atoms with Crippen molar-refractivity contribution in [2.75, 3.05) is 19.6 Å². The van der Waals surface area contributed by atoms with E-state index in [1.807, 2.05) is 6.07 Å². The lowest BCUT2D eigenvalue weighted by molar-refractivity contribution is -0.144. The minimum Gasteiger partial charge on any atom is -0.461 e. The fourth-order valence-electron chi connectivity index (χ4n) is 4.01. The van der Waals surface area contributed by atoms with Crippen molar-refractivity contribution in [3.05, 3.63) is 34.3 Å². The van der Waals surface area contributed by atoms with E-state index in [0.717, 1.165) is 36.9 Å². The highest BCUT2D eigenvalue weighted by Crippen LogP contribution is 2.40. The number of esters is 1. The zero-order valence-electron chi connectivity index (χ0n) is 13.8. The molecule has 3 rings (SSSR count). The number of benzene rings is 1. The number of nitrogens with zero attached hydrogens (tertiary/aromatic N) is 1. The summed E-state index contributed by atoms with van der Waals surface area (Å²) in [6.45, 7) is 5.24. The fourth-order valence-corrected chi connectivity index (χ4v) is 4.42. The molecule has 2 aliphatic rings. The highest BCUT2D eigenvalue weighted by molar-refractivity contribution is 9.10. The predicted molar refractivity (Wildman–Crippen MR) is 95.5 cm³/mol. The van der Waals surface area contributed by atoms with E-state index in [1.54, 1.807) is 0 Å². The molecule has 1 aromatic rings. The average Bonchev–Trinajstić information content (AvgIpc) is 2.84. The molecule has 0 spiro atoms. The molecule has 3 nitrogen and oxygen atoms in total. The summed E-state index contributed by atoms with van der Waals surface area (Å²) in [5, 5.41) is 0. The van der Waals surface area contributed by atoms with Crippen molar-refractivity contribution in [3.63, 3.8) is 0 Å². The lowest BCUT2D eigenvalue weighted by Crippen LogP contribution is -2.37. The molecule has 1 aromatic carbocycles. The minimum atomic E-state index is -0.0288. The molecule has 0 N–H and O–H groups in total. The van der Waals surface area contributed by atoms with E-state index in [1.165, 1.54) is 24.8 Å². The van der Waals surface area contributed by atoms with Crippen molar-refractivity contribution in [3.8, 4) is 0 Å². The first-order valence-corrected chi connectivity index (χ1v) is 9.66. The molecule has 0 bridgehead atoms. The first-order valence-electron chi connectivity index (χ1n) is 8.87. The van der Waals surface area contributed by atoms with Crippen LogP contribution in [-0.2, 0) is 9.53 Å². The van der Waals surface area contributed by atoms with Gasteiger partial charge in [-0.3, -0.25) is 4.79 Å². The number of carbonyl (C=O) groups excluding carboxylic acids is 1. The third-order valence-electron chi connectivity index (χ3n) is 5.11. The largest absolute Gasteiger partial charge is 0.461 e. The van der Waals surface area contributed by atoms with E-state index >= 15 is 0 Å². The number of likely N-dealkylation sites (tertiary alicyclic amines) is 1. The molecule has 0 aliphatic carbocycles. The minimum absolute atomic E-state index is 0.000927. The van der Waals surface area contributed by atoms with Crippen LogP contribution in [0, 0.1) is 5.92 Å². The molecule has 23 heavy (non-hydrogen) atoms. The van der Waals surface area contributed by atoms with Gasteiger partial charge in [-0.2, -0.15) is 0 Å². The van der Waals surface area contributed by atoms with Gasteiger partial charge in [0, 0.05) is 16.9 Å². The van der Waals surface area contributed by atoms with Crippen LogP contribution < -0.4 is 0 Å². The molecular weight excluding hydrogens is 354 g/mol. The molecule has 2 fully saturated rings. The first kappa shape index (κ1) is 17.0. The lowest BCUT2D eigenvalue weighted by Gasteiger charge is -2.30. The summed E-state index contributed by atoms with van der Waals surface area (Å²) >= 11 is 3.57. The SMILES string of the molecule is CCC[C@H]1OC(=O)[C@@H](CN2CCCCC2)[C@H]1c1cccc(Br)c1. The van der Waals surface area contributed by atoms with Gasteiger partial charge in [-0.1, -0.05) is 47.8 Å². The van der Waals surface area contributed by atoms with Crippen molar-refractivity contribution in [1.82, 2.24) is 4.90 Å². The van der Waals surface area contributed by atoms with Crippen LogP contribution in [0.15, 0.2) is 28.7 Å². The maximum absolute atomic E-state index is 12.5. The second kappa shape index (κ2) is 7.80. The van der Waals surface area contributed by atoms with Crippen LogP contribution in [-0.4, -0.2) is 36.6 Å². The maximum Gasteiger partial charge on any atom is 0.311 e. The second-order valence-electron chi connectivity index (χ2n) is 6.81. The van der Waals surface area contributed by atoms with Gasteiger partial charge in [0.2, 0.25) is 0 Å². The highest BCUT2D eigenvalue weighted by Gasteiger charge is 2.45. The molecule has 2 aliphatic heterocycles. The zero-order valence-corrected chi connectivity index (χ0v) is 15.4. The van der Waals surface area contributed by atoms with E-state index in [9.17, 15) is 4.79 Å². The van der Waals surface area contributed by atoms with Crippen LogP contribution in [0.2, 0.25) is 0 Å². The smallest absolute Gasteiger partial charge is 0.311 e. The van der Waals surface area contributed by atoms with Gasteiger partial charge in [0.05, 0.1) is 5.92 Å². The molecule has 0 aromatic heterocycles. The summed E-state index contributed by atoms with van der Waals surface area (Å²) in [4.78, 5) is 15.0. The molecule has 0 unspecified atom stereocenters. The quantitative estimate of drug-likeness (QED) is 0.711. The average molecular weight is 380 g/mol. The number of rotatable bonds is 5. The standard InChI is InChI=1S/C19H26BrNO2/c1-2-7-17-18(14-8-6-9-15(20)12-14)16(19(22)23-17)13-21-10-4-3-5-11-21/h6,8-9,12,16-18H,2-5,7,10-11,13H2,1H3/t16-,17+,18+/m0/s1. The Morgan fingerprint density at radius 2 is 2.04 bits per heavy atom. The van der Waals surface area contributed by atoms with Crippen molar-refractivity contribution >= 4 is 21.9 Å². The van der Waals surface area contributed by atoms with Gasteiger partial charge in [-0.15, -0.1) is 0 Å². The third-order valence-corrected chi connectivity index (χ3v) is 5.61. The van der Waals surface area contributed by atoms with Crippen molar-refractivity contribution in [1.29, 1.82) is 0 Å². The molecule has 2 saturated heterocycles. The van der Waals surface area contributed by atoms with Gasteiger partial charge in [0.15, 0.2) is 0 Å². The van der Waals surface area contributed by atoms with Gasteiger partial charge in [-0.05, 0) is 50.0 Å². The topological polar surface area (TPSA) is 29.5 Å². The molecular formula is C19H26BrNO2. The summed E-state index contributed by atoms with van der Waals surface area (Å²) in [5.41, 5.74) is 1.23. The van der Waals surface area contributed by atoms with E-state index in [0.29, 0.717) is 0 Å². The number of ether oxygens (including phenoxy) is 1. The molecule has 126 valence electrons. The Morgan fingerprint density at radius 1 is 1.26 bits per heavy atom. The fraction of sp³-hybridized carbons (Fsp3) is 0.632. The highest BCUT2D eigenvalue weighted by atomic mass is 79.9. The van der Waals surface area contributed by atoms with Crippen LogP contribution in [0.25, 0.3) is 0 Å². The second-order valence-corrected chi connectivity index (χ2v) is 7.73. The van der Waals surface area contributed by atoms with Crippen LogP contribution in [0.1, 0.15) is 50.5 Å². The van der Waals surface area contributed by atoms with E-state index in [4.69, 9.17) is 4.74 Å². The van der Waals surface area contributed by atoms with Crippen LogP contribution >= 0.6 is 15.9 Å². The monoisotopic (exact) mass is 379 g/mol. The number of cyclic esters (lactones) is 1. The number of piperidine rings is 1. The van der Waals surface area contributed by atoms with E-state index in [2.05, 4.69) is 46.0 Å². The molecule has 2 heterocycles. The van der Waals surface area contributed by atoms with Gasteiger partial charge in [0.25, 0.3) is 0 Å². The van der Waals surface area contributed by atoms with Crippen molar-refractivity contribution in [2.45, 2.75) is 51.0 Å². The summed E-state index contributed by atoms with van der Waals surface area (Å²) in [6.07, 6.45) is 5.83. The maximum atomic E-state index is 12.5. The van der Waals surface area contributed by atoms with Gasteiger partial charge in [-0.25, -0.2) is 0 Å². The van der Waals surface area contributed by atoms with Gasteiger partial charge < -0.3 is 9.64 Å². The first-order chi connectivity index (χ1) is 11.2. The number of hydrogen-bond donors (Lipinski definition) is 0. The Kier molecular flexibility index (Phi) is 5.76. The molecule has 4 heteroatoms. The van der Waals surface area contributed by atoms with E-state index in [-0.39, 0.29) is 23.9 Å². The number of hydrogen-bond acceptors (Lipinski definition) is 3. The summed E-state index contributed by atoms with van der Waals surface area (Å²) in [6, 6.07) is 8.39.